The Hall–Kier alpha value is -2.58. The summed E-state index contributed by atoms with van der Waals surface area (Å²) in [6.07, 6.45) is 3.24. The Labute approximate surface area is 171 Å². The van der Waals surface area contributed by atoms with Crippen molar-refractivity contribution in [2.45, 2.75) is 30.8 Å². The zero-order valence-corrected chi connectivity index (χ0v) is 17.4. The van der Waals surface area contributed by atoms with Gasteiger partial charge in [0.2, 0.25) is 0 Å². The number of amides is 1. The molecule has 1 atom stereocenters. The molecule has 0 radical (unpaired) electrons. The SMILES string of the molecule is Cc1nn(C)c2ncc(C(=O)Nc3cccc(CS(=O)C4CCOCC4)c3)cc12. The van der Waals surface area contributed by atoms with Crippen molar-refractivity contribution in [3.8, 4) is 0 Å². The summed E-state index contributed by atoms with van der Waals surface area (Å²) in [7, 11) is 0.889. The molecule has 29 heavy (non-hydrogen) atoms. The Morgan fingerprint density at radius 3 is 2.90 bits per heavy atom. The smallest absolute Gasteiger partial charge is 0.257 e. The molecule has 0 saturated carbocycles. The topological polar surface area (TPSA) is 86.1 Å². The lowest BCUT2D eigenvalue weighted by molar-refractivity contribution is 0.0991. The molecule has 0 bridgehead atoms. The Kier molecular flexibility index (Phi) is 5.73. The molecule has 1 saturated heterocycles. The van der Waals surface area contributed by atoms with E-state index in [0.717, 1.165) is 35.1 Å². The molecule has 3 heterocycles. The van der Waals surface area contributed by atoms with E-state index in [0.29, 0.717) is 30.2 Å². The summed E-state index contributed by atoms with van der Waals surface area (Å²) in [6.45, 7) is 3.26. The van der Waals surface area contributed by atoms with Crippen LogP contribution >= 0.6 is 0 Å². The second kappa shape index (κ2) is 8.42. The number of pyridine rings is 1. The molecule has 1 aliphatic rings. The molecule has 1 N–H and O–H groups in total. The first-order chi connectivity index (χ1) is 14.0. The maximum atomic E-state index is 12.7. The minimum atomic E-state index is -0.942. The normalized spacial score (nSPS) is 16.1. The third-order valence-electron chi connectivity index (χ3n) is 5.16. The fourth-order valence-electron chi connectivity index (χ4n) is 3.60. The number of benzene rings is 1. The Morgan fingerprint density at radius 1 is 1.31 bits per heavy atom. The number of carbonyl (C=O) groups is 1. The van der Waals surface area contributed by atoms with Gasteiger partial charge in [-0.3, -0.25) is 13.7 Å². The summed E-state index contributed by atoms with van der Waals surface area (Å²) >= 11 is 0. The second-order valence-corrected chi connectivity index (χ2v) is 9.01. The highest BCUT2D eigenvalue weighted by molar-refractivity contribution is 7.84. The molecule has 1 aromatic carbocycles. The average molecular weight is 413 g/mol. The lowest BCUT2D eigenvalue weighted by Gasteiger charge is -2.21. The van der Waals surface area contributed by atoms with E-state index >= 15 is 0 Å². The van der Waals surface area contributed by atoms with Crippen molar-refractivity contribution in [3.63, 3.8) is 0 Å². The van der Waals surface area contributed by atoms with Crippen molar-refractivity contribution < 1.29 is 13.7 Å². The summed E-state index contributed by atoms with van der Waals surface area (Å²) in [5.41, 5.74) is 3.69. The van der Waals surface area contributed by atoms with Gasteiger partial charge in [-0.15, -0.1) is 0 Å². The van der Waals surface area contributed by atoms with Crippen LogP contribution in [0.15, 0.2) is 36.5 Å². The standard InChI is InChI=1S/C21H24N4O3S/c1-14-19-11-16(12-22-20(19)25(2)24-14)21(26)23-17-5-3-4-15(10-17)13-29(27)18-6-8-28-9-7-18/h3-5,10-12,18H,6-9,13H2,1-2H3,(H,23,26). The first-order valence-electron chi connectivity index (χ1n) is 9.66. The monoisotopic (exact) mass is 412 g/mol. The number of nitrogens with zero attached hydrogens (tertiary/aromatic N) is 3. The third kappa shape index (κ3) is 4.38. The molecule has 2 aromatic heterocycles. The van der Waals surface area contributed by atoms with E-state index in [4.69, 9.17) is 4.74 Å². The van der Waals surface area contributed by atoms with Gasteiger partial charge < -0.3 is 10.1 Å². The highest BCUT2D eigenvalue weighted by Gasteiger charge is 2.20. The predicted molar refractivity (Wildman–Crippen MR) is 113 cm³/mol. The highest BCUT2D eigenvalue weighted by atomic mass is 32.2. The van der Waals surface area contributed by atoms with Crippen molar-refractivity contribution in [1.29, 1.82) is 0 Å². The van der Waals surface area contributed by atoms with E-state index in [2.05, 4.69) is 15.4 Å². The van der Waals surface area contributed by atoms with Crippen molar-refractivity contribution in [2.75, 3.05) is 18.5 Å². The van der Waals surface area contributed by atoms with Gasteiger partial charge in [-0.05, 0) is 43.5 Å². The number of hydrogen-bond acceptors (Lipinski definition) is 5. The van der Waals surface area contributed by atoms with E-state index in [-0.39, 0.29) is 11.2 Å². The molecule has 1 fully saturated rings. The summed E-state index contributed by atoms with van der Waals surface area (Å²) < 4.78 is 19.7. The van der Waals surface area contributed by atoms with Gasteiger partial charge in [0.15, 0.2) is 5.65 Å². The van der Waals surface area contributed by atoms with Crippen molar-refractivity contribution in [2.24, 2.45) is 7.05 Å². The molecule has 1 unspecified atom stereocenters. The Bertz CT molecular complexity index is 1070. The van der Waals surface area contributed by atoms with E-state index < -0.39 is 10.8 Å². The highest BCUT2D eigenvalue weighted by Crippen LogP contribution is 2.20. The van der Waals surface area contributed by atoms with Crippen molar-refractivity contribution >= 4 is 33.4 Å². The first kappa shape index (κ1) is 19.7. The molecule has 8 heteroatoms. The lowest BCUT2D eigenvalue weighted by Crippen LogP contribution is -2.25. The molecular weight excluding hydrogens is 388 g/mol. The zero-order chi connectivity index (χ0) is 20.4. The number of aromatic nitrogens is 3. The number of anilines is 1. The number of fused-ring (bicyclic) bond motifs is 1. The Morgan fingerprint density at radius 2 is 2.10 bits per heavy atom. The molecule has 0 aliphatic carbocycles. The van der Waals surface area contributed by atoms with Crippen LogP contribution in [0.5, 0.6) is 0 Å². The van der Waals surface area contributed by atoms with Crippen LogP contribution in [0.3, 0.4) is 0 Å². The molecule has 1 amide bonds. The summed E-state index contributed by atoms with van der Waals surface area (Å²) in [5, 5.41) is 8.30. The lowest BCUT2D eigenvalue weighted by atomic mass is 10.2. The molecule has 152 valence electrons. The van der Waals surface area contributed by atoms with Gasteiger partial charge in [0.1, 0.15) is 0 Å². The minimum Gasteiger partial charge on any atom is -0.381 e. The van der Waals surface area contributed by atoms with Gasteiger partial charge in [-0.25, -0.2) is 4.98 Å². The van der Waals surface area contributed by atoms with E-state index in [1.807, 2.05) is 44.3 Å². The molecule has 7 nitrogen and oxygen atoms in total. The molecule has 4 rings (SSSR count). The predicted octanol–water partition coefficient (Wildman–Crippen LogP) is 2.96. The van der Waals surface area contributed by atoms with Crippen LogP contribution in [0, 0.1) is 6.92 Å². The van der Waals surface area contributed by atoms with E-state index in [1.54, 1.807) is 10.9 Å². The van der Waals surface area contributed by atoms with E-state index in [9.17, 15) is 9.00 Å². The fourth-order valence-corrected chi connectivity index (χ4v) is 5.06. The van der Waals surface area contributed by atoms with Gasteiger partial charge in [0.05, 0.1) is 11.3 Å². The van der Waals surface area contributed by atoms with Crippen LogP contribution in [0.4, 0.5) is 5.69 Å². The molecule has 0 spiro atoms. The maximum absolute atomic E-state index is 12.7. The largest absolute Gasteiger partial charge is 0.381 e. The minimum absolute atomic E-state index is 0.183. The van der Waals surface area contributed by atoms with Gasteiger partial charge >= 0.3 is 0 Å². The number of carbonyl (C=O) groups excluding carboxylic acids is 1. The van der Waals surface area contributed by atoms with E-state index in [1.165, 1.54) is 0 Å². The van der Waals surface area contributed by atoms with Gasteiger partial charge in [0, 0.05) is 59.3 Å². The first-order valence-corrected chi connectivity index (χ1v) is 11.0. The van der Waals surface area contributed by atoms with Crippen LogP contribution in [0.2, 0.25) is 0 Å². The second-order valence-electron chi connectivity index (χ2n) is 7.30. The van der Waals surface area contributed by atoms with Crippen LogP contribution in [0.25, 0.3) is 11.0 Å². The van der Waals surface area contributed by atoms with Crippen LogP contribution < -0.4 is 5.32 Å². The molecule has 1 aliphatic heterocycles. The summed E-state index contributed by atoms with van der Waals surface area (Å²) in [5.74, 6) is 0.252. The summed E-state index contributed by atoms with van der Waals surface area (Å²) in [4.78, 5) is 17.1. The van der Waals surface area contributed by atoms with Crippen molar-refractivity contribution in [3.05, 3.63) is 53.3 Å². The number of hydrogen-bond donors (Lipinski definition) is 1. The Balaban J connectivity index is 1.46. The average Bonchev–Trinajstić information content (AvgIpc) is 3.02. The molecular formula is C21H24N4O3S. The van der Waals surface area contributed by atoms with Gasteiger partial charge in [-0.2, -0.15) is 5.10 Å². The fraction of sp³-hybridized carbons (Fsp3) is 0.381. The van der Waals surface area contributed by atoms with Crippen LogP contribution in [-0.2, 0) is 28.3 Å². The number of nitrogens with one attached hydrogen (secondary N) is 1. The number of ether oxygens (including phenoxy) is 1. The number of rotatable bonds is 5. The van der Waals surface area contributed by atoms with Crippen LogP contribution in [0.1, 0.15) is 34.5 Å². The maximum Gasteiger partial charge on any atom is 0.257 e. The van der Waals surface area contributed by atoms with Crippen LogP contribution in [-0.4, -0.2) is 43.3 Å². The quantitative estimate of drug-likeness (QED) is 0.696. The van der Waals surface area contributed by atoms with Gasteiger partial charge in [-0.1, -0.05) is 12.1 Å². The molecule has 3 aromatic rings. The zero-order valence-electron chi connectivity index (χ0n) is 16.6. The third-order valence-corrected chi connectivity index (χ3v) is 6.99. The number of aryl methyl sites for hydroxylation is 2. The van der Waals surface area contributed by atoms with Gasteiger partial charge in [0.25, 0.3) is 5.91 Å². The summed E-state index contributed by atoms with van der Waals surface area (Å²) in [6, 6.07) is 9.35. The van der Waals surface area contributed by atoms with Crippen molar-refractivity contribution in [1.82, 2.24) is 14.8 Å².